The number of H-pyrrole nitrogens is 1. The number of aromatic nitrogens is 2. The van der Waals surface area contributed by atoms with Crippen LogP contribution in [0.2, 0.25) is 0 Å². The Labute approximate surface area is 167 Å². The number of unbranched alkanes of at least 4 members (excludes halogenated alkanes) is 1. The van der Waals surface area contributed by atoms with Crippen molar-refractivity contribution in [2.45, 2.75) is 38.0 Å². The summed E-state index contributed by atoms with van der Waals surface area (Å²) in [5.41, 5.74) is 3.42. The number of benzene rings is 1. The molecule has 0 spiro atoms. The number of hydrogen-bond donors (Lipinski definition) is 2. The highest BCUT2D eigenvalue weighted by atomic mass is 16.1. The van der Waals surface area contributed by atoms with Crippen LogP contribution in [0.4, 0.5) is 5.69 Å². The standard InChI is InChI=1S/C22H31N5O/c28-22(19-9-6-10-20-21(19)25-17-24-20)23-11-4-5-12-26-13-15-27(16-14-26)18-7-2-1-3-8-18/h1-3,7-8,17,19H,4-6,9-16H2,(H,23,28)(H,24,25). The van der Waals surface area contributed by atoms with Crippen LogP contribution >= 0.6 is 0 Å². The van der Waals surface area contributed by atoms with Crippen molar-refractivity contribution < 1.29 is 4.79 Å². The fourth-order valence-electron chi connectivity index (χ4n) is 4.37. The maximum Gasteiger partial charge on any atom is 0.229 e. The Kier molecular flexibility index (Phi) is 6.27. The molecule has 6 heteroatoms. The van der Waals surface area contributed by atoms with Crippen LogP contribution in [0.3, 0.4) is 0 Å². The Bertz CT molecular complexity index is 751. The molecule has 1 aliphatic heterocycles. The lowest BCUT2D eigenvalue weighted by Gasteiger charge is -2.36. The van der Waals surface area contributed by atoms with Crippen LogP contribution in [0.15, 0.2) is 36.7 Å². The first kappa shape index (κ1) is 19.0. The van der Waals surface area contributed by atoms with Gasteiger partial charge in [-0.05, 0) is 50.8 Å². The number of anilines is 1. The molecule has 2 heterocycles. The van der Waals surface area contributed by atoms with Gasteiger partial charge in [-0.15, -0.1) is 0 Å². The van der Waals surface area contributed by atoms with Crippen LogP contribution in [-0.2, 0) is 11.2 Å². The second kappa shape index (κ2) is 9.24. The van der Waals surface area contributed by atoms with E-state index in [-0.39, 0.29) is 11.8 Å². The first-order valence-electron chi connectivity index (χ1n) is 10.6. The van der Waals surface area contributed by atoms with Crippen molar-refractivity contribution in [3.8, 4) is 0 Å². The van der Waals surface area contributed by atoms with E-state index >= 15 is 0 Å². The predicted molar refractivity (Wildman–Crippen MR) is 112 cm³/mol. The highest BCUT2D eigenvalue weighted by Crippen LogP contribution is 2.29. The number of fused-ring (bicyclic) bond motifs is 1. The van der Waals surface area contributed by atoms with Gasteiger partial charge in [0.15, 0.2) is 0 Å². The highest BCUT2D eigenvalue weighted by Gasteiger charge is 2.28. The molecular formula is C22H31N5O. The molecule has 1 aromatic heterocycles. The van der Waals surface area contributed by atoms with E-state index in [0.717, 1.165) is 82.8 Å². The number of carbonyl (C=O) groups is 1. The first-order chi connectivity index (χ1) is 13.8. The van der Waals surface area contributed by atoms with E-state index in [4.69, 9.17) is 0 Å². The summed E-state index contributed by atoms with van der Waals surface area (Å²) in [6, 6.07) is 10.7. The normalized spacial score (nSPS) is 20.0. The van der Waals surface area contributed by atoms with Crippen molar-refractivity contribution in [2.75, 3.05) is 44.2 Å². The molecule has 28 heavy (non-hydrogen) atoms. The van der Waals surface area contributed by atoms with Gasteiger partial charge in [-0.3, -0.25) is 9.69 Å². The molecule has 1 aliphatic carbocycles. The number of nitrogens with one attached hydrogen (secondary N) is 2. The monoisotopic (exact) mass is 381 g/mol. The van der Waals surface area contributed by atoms with E-state index in [9.17, 15) is 4.79 Å². The fourth-order valence-corrected chi connectivity index (χ4v) is 4.37. The number of imidazole rings is 1. The maximum atomic E-state index is 12.5. The highest BCUT2D eigenvalue weighted by molar-refractivity contribution is 5.83. The van der Waals surface area contributed by atoms with E-state index in [1.54, 1.807) is 6.33 Å². The summed E-state index contributed by atoms with van der Waals surface area (Å²) in [5, 5.41) is 3.13. The zero-order chi connectivity index (χ0) is 19.2. The van der Waals surface area contributed by atoms with Crippen LogP contribution in [0.25, 0.3) is 0 Å². The quantitative estimate of drug-likeness (QED) is 0.724. The molecule has 0 radical (unpaired) electrons. The van der Waals surface area contributed by atoms with Crippen LogP contribution in [-0.4, -0.2) is 60.0 Å². The van der Waals surface area contributed by atoms with Gasteiger partial charge in [0.05, 0.1) is 17.9 Å². The second-order valence-corrected chi connectivity index (χ2v) is 7.87. The molecule has 2 aromatic rings. The Morgan fingerprint density at radius 3 is 2.79 bits per heavy atom. The van der Waals surface area contributed by atoms with E-state index in [2.05, 4.69) is 55.4 Å². The van der Waals surface area contributed by atoms with Gasteiger partial charge < -0.3 is 15.2 Å². The molecule has 2 aliphatic rings. The van der Waals surface area contributed by atoms with Crippen LogP contribution in [0.5, 0.6) is 0 Å². The maximum absolute atomic E-state index is 12.5. The topological polar surface area (TPSA) is 64.3 Å². The molecule has 1 unspecified atom stereocenters. The van der Waals surface area contributed by atoms with Crippen molar-refractivity contribution in [2.24, 2.45) is 0 Å². The number of rotatable bonds is 7. The number of piperazine rings is 1. The third-order valence-electron chi connectivity index (χ3n) is 6.01. The van der Waals surface area contributed by atoms with E-state index in [0.29, 0.717) is 0 Å². The zero-order valence-electron chi connectivity index (χ0n) is 16.6. The van der Waals surface area contributed by atoms with Gasteiger partial charge in [-0.2, -0.15) is 0 Å². The van der Waals surface area contributed by atoms with Gasteiger partial charge in [0.25, 0.3) is 0 Å². The fraction of sp³-hybridized carbons (Fsp3) is 0.545. The van der Waals surface area contributed by atoms with E-state index in [1.165, 1.54) is 5.69 Å². The third kappa shape index (κ3) is 4.55. The second-order valence-electron chi connectivity index (χ2n) is 7.87. The number of hydrogen-bond acceptors (Lipinski definition) is 4. The van der Waals surface area contributed by atoms with Gasteiger partial charge in [0, 0.05) is 44.1 Å². The minimum absolute atomic E-state index is 0.0685. The molecule has 1 fully saturated rings. The molecule has 1 atom stereocenters. The number of aryl methyl sites for hydroxylation is 1. The average molecular weight is 382 g/mol. The van der Waals surface area contributed by atoms with Gasteiger partial charge in [0.2, 0.25) is 5.91 Å². The SMILES string of the molecule is O=C(NCCCCN1CCN(c2ccccc2)CC1)C1CCCc2[nH]cnc21. The summed E-state index contributed by atoms with van der Waals surface area (Å²) in [4.78, 5) is 25.1. The molecular weight excluding hydrogens is 350 g/mol. The van der Waals surface area contributed by atoms with Crippen molar-refractivity contribution in [1.82, 2.24) is 20.2 Å². The molecule has 1 aromatic carbocycles. The smallest absolute Gasteiger partial charge is 0.229 e. The summed E-state index contributed by atoms with van der Waals surface area (Å²) in [6.07, 6.45) is 6.86. The number of carbonyl (C=O) groups excluding carboxylic acids is 1. The van der Waals surface area contributed by atoms with Crippen molar-refractivity contribution >= 4 is 11.6 Å². The largest absolute Gasteiger partial charge is 0.369 e. The lowest BCUT2D eigenvalue weighted by molar-refractivity contribution is -0.122. The van der Waals surface area contributed by atoms with Crippen LogP contribution in [0, 0.1) is 0 Å². The van der Waals surface area contributed by atoms with Crippen LogP contribution < -0.4 is 10.2 Å². The van der Waals surface area contributed by atoms with Crippen LogP contribution in [0.1, 0.15) is 43.0 Å². The number of amides is 1. The third-order valence-corrected chi connectivity index (χ3v) is 6.01. The Morgan fingerprint density at radius 1 is 1.14 bits per heavy atom. The minimum atomic E-state index is -0.0685. The predicted octanol–water partition coefficient (Wildman–Crippen LogP) is 2.55. The molecule has 2 N–H and O–H groups in total. The van der Waals surface area contributed by atoms with Gasteiger partial charge >= 0.3 is 0 Å². The summed E-state index contributed by atoms with van der Waals surface area (Å²) in [6.45, 7) is 6.30. The Balaban J connectivity index is 1.12. The molecule has 0 saturated carbocycles. The summed E-state index contributed by atoms with van der Waals surface area (Å²) in [7, 11) is 0. The van der Waals surface area contributed by atoms with Crippen molar-refractivity contribution in [3.05, 3.63) is 48.0 Å². The summed E-state index contributed by atoms with van der Waals surface area (Å²) >= 11 is 0. The molecule has 1 saturated heterocycles. The average Bonchev–Trinajstić information content (AvgIpc) is 3.23. The molecule has 0 bridgehead atoms. The minimum Gasteiger partial charge on any atom is -0.369 e. The van der Waals surface area contributed by atoms with Gasteiger partial charge in [-0.25, -0.2) is 4.98 Å². The number of nitrogens with zero attached hydrogens (tertiary/aromatic N) is 3. The van der Waals surface area contributed by atoms with Crippen molar-refractivity contribution in [1.29, 1.82) is 0 Å². The van der Waals surface area contributed by atoms with E-state index < -0.39 is 0 Å². The van der Waals surface area contributed by atoms with Gasteiger partial charge in [0.1, 0.15) is 0 Å². The molecule has 4 rings (SSSR count). The summed E-state index contributed by atoms with van der Waals surface area (Å²) < 4.78 is 0. The zero-order valence-corrected chi connectivity index (χ0v) is 16.6. The lowest BCUT2D eigenvalue weighted by Crippen LogP contribution is -2.46. The Hall–Kier alpha value is -2.34. The van der Waals surface area contributed by atoms with Gasteiger partial charge in [-0.1, -0.05) is 18.2 Å². The van der Waals surface area contributed by atoms with E-state index in [1.807, 2.05) is 0 Å². The van der Waals surface area contributed by atoms with Crippen molar-refractivity contribution in [3.63, 3.8) is 0 Å². The summed E-state index contributed by atoms with van der Waals surface area (Å²) in [5.74, 6) is 0.0746. The lowest BCUT2D eigenvalue weighted by atomic mass is 9.89. The number of para-hydroxylation sites is 1. The molecule has 150 valence electrons. The first-order valence-corrected chi connectivity index (χ1v) is 10.6. The number of aromatic amines is 1. The molecule has 1 amide bonds. The molecule has 6 nitrogen and oxygen atoms in total. The Morgan fingerprint density at radius 2 is 1.96 bits per heavy atom.